The molecule has 0 spiro atoms. The second-order valence-corrected chi connectivity index (χ2v) is 5.43. The molecule has 0 radical (unpaired) electrons. The summed E-state index contributed by atoms with van der Waals surface area (Å²) in [6, 6.07) is 9.64. The fraction of sp³-hybridized carbons (Fsp3) is 0.200. The lowest BCUT2D eigenvalue weighted by atomic mass is 10.2. The molecule has 2 N–H and O–H groups in total. The summed E-state index contributed by atoms with van der Waals surface area (Å²) < 4.78 is 25.5. The van der Waals surface area contributed by atoms with Gasteiger partial charge in [-0.05, 0) is 44.2 Å². The summed E-state index contributed by atoms with van der Waals surface area (Å²) in [7, 11) is 0. The molecule has 2 rings (SSSR count). The number of nitrogen functional groups attached to an aromatic ring is 1. The number of halogens is 2. The van der Waals surface area contributed by atoms with Crippen LogP contribution in [-0.2, 0) is 0 Å². The number of benzene rings is 2. The lowest BCUT2D eigenvalue weighted by molar-refractivity contribution is 0.243. The van der Waals surface area contributed by atoms with Crippen molar-refractivity contribution in [1.82, 2.24) is 0 Å². The van der Waals surface area contributed by atoms with E-state index in [1.54, 1.807) is 30.3 Å². The fourth-order valence-electron chi connectivity index (χ4n) is 1.64. The van der Waals surface area contributed by atoms with Crippen molar-refractivity contribution in [3.8, 4) is 17.2 Å². The Labute approximate surface area is 125 Å². The van der Waals surface area contributed by atoms with E-state index in [1.807, 2.05) is 13.8 Å². The van der Waals surface area contributed by atoms with Crippen LogP contribution in [0, 0.1) is 5.82 Å². The van der Waals surface area contributed by atoms with Crippen LogP contribution >= 0.6 is 15.9 Å². The average molecular weight is 340 g/mol. The van der Waals surface area contributed by atoms with Crippen molar-refractivity contribution in [3.05, 3.63) is 46.7 Å². The van der Waals surface area contributed by atoms with Gasteiger partial charge in [0, 0.05) is 4.47 Å². The molecule has 2 aromatic carbocycles. The Morgan fingerprint density at radius 2 is 1.80 bits per heavy atom. The minimum absolute atomic E-state index is 0.00449. The van der Waals surface area contributed by atoms with Gasteiger partial charge >= 0.3 is 0 Å². The molecule has 0 heterocycles. The highest BCUT2D eigenvalue weighted by atomic mass is 79.9. The molecule has 5 heteroatoms. The van der Waals surface area contributed by atoms with Crippen molar-refractivity contribution < 1.29 is 13.9 Å². The van der Waals surface area contributed by atoms with Crippen molar-refractivity contribution in [2.75, 3.05) is 5.73 Å². The van der Waals surface area contributed by atoms with Crippen LogP contribution < -0.4 is 15.2 Å². The molecule has 0 aromatic heterocycles. The minimum Gasteiger partial charge on any atom is -0.489 e. The number of hydrogen-bond donors (Lipinski definition) is 1. The van der Waals surface area contributed by atoms with Crippen LogP contribution in [0.2, 0.25) is 0 Å². The van der Waals surface area contributed by atoms with Gasteiger partial charge in [-0.1, -0.05) is 22.0 Å². The van der Waals surface area contributed by atoms with E-state index < -0.39 is 5.82 Å². The van der Waals surface area contributed by atoms with Crippen LogP contribution in [-0.4, -0.2) is 6.10 Å². The van der Waals surface area contributed by atoms with Gasteiger partial charge in [0.1, 0.15) is 11.4 Å². The summed E-state index contributed by atoms with van der Waals surface area (Å²) in [6.07, 6.45) is -0.00449. The standard InChI is InChI=1S/C15H15BrFNO2/c1-9(2)19-12-4-3-5-13(15(12)18)20-14-8-10(16)6-7-11(14)17/h3-9H,18H2,1-2H3. The SMILES string of the molecule is CC(C)Oc1cccc(Oc2cc(Br)ccc2F)c1N. The largest absolute Gasteiger partial charge is 0.489 e. The van der Waals surface area contributed by atoms with Gasteiger partial charge in [0.25, 0.3) is 0 Å². The lowest BCUT2D eigenvalue weighted by Crippen LogP contribution is -2.07. The van der Waals surface area contributed by atoms with Crippen LogP contribution in [0.25, 0.3) is 0 Å². The summed E-state index contributed by atoms with van der Waals surface area (Å²) in [4.78, 5) is 0. The van der Waals surface area contributed by atoms with E-state index in [9.17, 15) is 4.39 Å². The molecule has 0 aliphatic heterocycles. The van der Waals surface area contributed by atoms with Gasteiger partial charge in [0.15, 0.2) is 17.3 Å². The van der Waals surface area contributed by atoms with E-state index in [-0.39, 0.29) is 11.9 Å². The molecular weight excluding hydrogens is 325 g/mol. The van der Waals surface area contributed by atoms with Gasteiger partial charge in [-0.15, -0.1) is 0 Å². The Balaban J connectivity index is 2.32. The van der Waals surface area contributed by atoms with E-state index in [0.29, 0.717) is 17.2 Å². The van der Waals surface area contributed by atoms with Gasteiger partial charge in [0.05, 0.1) is 6.10 Å². The highest BCUT2D eigenvalue weighted by Crippen LogP contribution is 2.36. The molecule has 20 heavy (non-hydrogen) atoms. The quantitative estimate of drug-likeness (QED) is 0.817. The topological polar surface area (TPSA) is 44.5 Å². The highest BCUT2D eigenvalue weighted by molar-refractivity contribution is 9.10. The highest BCUT2D eigenvalue weighted by Gasteiger charge is 2.12. The summed E-state index contributed by atoms with van der Waals surface area (Å²) in [6.45, 7) is 3.81. The molecule has 0 atom stereocenters. The number of para-hydroxylation sites is 1. The number of rotatable bonds is 4. The van der Waals surface area contributed by atoms with Crippen molar-refractivity contribution in [2.24, 2.45) is 0 Å². The predicted octanol–water partition coefficient (Wildman–Crippen LogP) is 4.75. The molecule has 0 bridgehead atoms. The van der Waals surface area contributed by atoms with Crippen LogP contribution in [0.15, 0.2) is 40.9 Å². The molecule has 0 saturated carbocycles. The third-order valence-corrected chi connectivity index (χ3v) is 3.00. The Bertz CT molecular complexity index is 617. The van der Waals surface area contributed by atoms with Crippen molar-refractivity contribution in [2.45, 2.75) is 20.0 Å². The van der Waals surface area contributed by atoms with Crippen molar-refractivity contribution in [3.63, 3.8) is 0 Å². The zero-order valence-corrected chi connectivity index (χ0v) is 12.8. The van der Waals surface area contributed by atoms with Crippen molar-refractivity contribution >= 4 is 21.6 Å². The maximum Gasteiger partial charge on any atom is 0.165 e. The molecule has 106 valence electrons. The zero-order chi connectivity index (χ0) is 14.7. The monoisotopic (exact) mass is 339 g/mol. The number of nitrogens with two attached hydrogens (primary N) is 1. The Hall–Kier alpha value is -1.75. The average Bonchev–Trinajstić information content (AvgIpc) is 2.38. The lowest BCUT2D eigenvalue weighted by Gasteiger charge is -2.15. The van der Waals surface area contributed by atoms with Gasteiger partial charge in [-0.3, -0.25) is 0 Å². The molecular formula is C15H15BrFNO2. The molecule has 0 fully saturated rings. The van der Waals surface area contributed by atoms with E-state index in [4.69, 9.17) is 15.2 Å². The van der Waals surface area contributed by atoms with E-state index >= 15 is 0 Å². The first-order chi connectivity index (χ1) is 9.47. The number of hydrogen-bond acceptors (Lipinski definition) is 3. The summed E-state index contributed by atoms with van der Waals surface area (Å²) in [5.41, 5.74) is 6.33. The van der Waals surface area contributed by atoms with Crippen molar-refractivity contribution in [1.29, 1.82) is 0 Å². The molecule has 0 aliphatic carbocycles. The fourth-order valence-corrected chi connectivity index (χ4v) is 1.98. The molecule has 3 nitrogen and oxygen atoms in total. The molecule has 0 aliphatic rings. The van der Waals surface area contributed by atoms with Gasteiger partial charge in [-0.2, -0.15) is 0 Å². The normalized spacial score (nSPS) is 10.7. The summed E-state index contributed by atoms with van der Waals surface area (Å²) >= 11 is 3.27. The number of ether oxygens (including phenoxy) is 2. The second kappa shape index (κ2) is 6.13. The Kier molecular flexibility index (Phi) is 4.49. The van der Waals surface area contributed by atoms with Gasteiger partial charge < -0.3 is 15.2 Å². The third-order valence-electron chi connectivity index (χ3n) is 2.50. The summed E-state index contributed by atoms with van der Waals surface area (Å²) in [5.74, 6) is 0.531. The van der Waals surface area contributed by atoms with E-state index in [1.165, 1.54) is 6.07 Å². The van der Waals surface area contributed by atoms with Crippen LogP contribution in [0.1, 0.15) is 13.8 Å². The van der Waals surface area contributed by atoms with Gasteiger partial charge in [-0.25, -0.2) is 4.39 Å². The zero-order valence-electron chi connectivity index (χ0n) is 11.2. The maximum atomic E-state index is 13.7. The Morgan fingerprint density at radius 1 is 1.10 bits per heavy atom. The first-order valence-electron chi connectivity index (χ1n) is 6.15. The first-order valence-corrected chi connectivity index (χ1v) is 6.94. The van der Waals surface area contributed by atoms with Gasteiger partial charge in [0.2, 0.25) is 0 Å². The maximum absolute atomic E-state index is 13.7. The van der Waals surface area contributed by atoms with Crippen LogP contribution in [0.4, 0.5) is 10.1 Å². The Morgan fingerprint density at radius 3 is 2.50 bits per heavy atom. The predicted molar refractivity (Wildman–Crippen MR) is 80.8 cm³/mol. The molecule has 2 aromatic rings. The summed E-state index contributed by atoms with van der Waals surface area (Å²) in [5, 5.41) is 0. The first kappa shape index (κ1) is 14.7. The third kappa shape index (κ3) is 3.42. The van der Waals surface area contributed by atoms with Crippen LogP contribution in [0.5, 0.6) is 17.2 Å². The molecule has 0 unspecified atom stereocenters. The number of anilines is 1. The molecule has 0 amide bonds. The smallest absolute Gasteiger partial charge is 0.165 e. The van der Waals surface area contributed by atoms with E-state index in [0.717, 1.165) is 4.47 Å². The van der Waals surface area contributed by atoms with E-state index in [2.05, 4.69) is 15.9 Å². The molecule has 0 saturated heterocycles. The minimum atomic E-state index is -0.456. The second-order valence-electron chi connectivity index (χ2n) is 4.51. The van der Waals surface area contributed by atoms with Crippen LogP contribution in [0.3, 0.4) is 0 Å².